The molecule has 2 aromatic rings. The standard InChI is InChI=1S/C16H14FNO3/c1-10(15(19)11-6-8-12(17)9-7-11)21-14-5-3-2-4-13(14)16(18)20/h2-10H,1H3,(H2,18,20). The summed E-state index contributed by atoms with van der Waals surface area (Å²) in [6.07, 6.45) is -0.823. The molecule has 1 unspecified atom stereocenters. The first kappa shape index (κ1) is 14.7. The molecule has 0 radical (unpaired) electrons. The molecule has 2 N–H and O–H groups in total. The van der Waals surface area contributed by atoms with Crippen LogP contribution in [0.2, 0.25) is 0 Å². The average Bonchev–Trinajstić information content (AvgIpc) is 2.47. The molecule has 0 bridgehead atoms. The molecule has 21 heavy (non-hydrogen) atoms. The third-order valence-electron chi connectivity index (χ3n) is 2.95. The van der Waals surface area contributed by atoms with Gasteiger partial charge in [0.1, 0.15) is 11.6 Å². The fraction of sp³-hybridized carbons (Fsp3) is 0.125. The molecule has 0 saturated carbocycles. The van der Waals surface area contributed by atoms with Gasteiger partial charge in [-0.3, -0.25) is 9.59 Å². The Kier molecular flexibility index (Phi) is 4.33. The van der Waals surface area contributed by atoms with Crippen LogP contribution in [0.1, 0.15) is 27.6 Å². The van der Waals surface area contributed by atoms with Crippen LogP contribution in [0.3, 0.4) is 0 Å². The maximum Gasteiger partial charge on any atom is 0.252 e. The minimum Gasteiger partial charge on any atom is -0.482 e. The van der Waals surface area contributed by atoms with Crippen molar-refractivity contribution in [2.24, 2.45) is 5.73 Å². The average molecular weight is 287 g/mol. The van der Waals surface area contributed by atoms with Crippen LogP contribution in [0, 0.1) is 5.82 Å². The van der Waals surface area contributed by atoms with E-state index in [2.05, 4.69) is 0 Å². The number of carbonyl (C=O) groups excluding carboxylic acids is 2. The summed E-state index contributed by atoms with van der Waals surface area (Å²) in [6, 6.07) is 11.6. The van der Waals surface area contributed by atoms with Crippen molar-refractivity contribution in [1.82, 2.24) is 0 Å². The van der Waals surface area contributed by atoms with Crippen molar-refractivity contribution in [3.8, 4) is 5.75 Å². The van der Waals surface area contributed by atoms with E-state index in [1.165, 1.54) is 30.3 Å². The summed E-state index contributed by atoms with van der Waals surface area (Å²) in [5.41, 5.74) is 5.79. The van der Waals surface area contributed by atoms with E-state index in [1.54, 1.807) is 25.1 Å². The molecular weight excluding hydrogens is 273 g/mol. The van der Waals surface area contributed by atoms with Gasteiger partial charge in [-0.2, -0.15) is 0 Å². The van der Waals surface area contributed by atoms with E-state index in [0.717, 1.165) is 0 Å². The molecule has 0 fully saturated rings. The summed E-state index contributed by atoms with van der Waals surface area (Å²) in [5, 5.41) is 0. The molecule has 0 heterocycles. The monoisotopic (exact) mass is 287 g/mol. The Hall–Kier alpha value is -2.69. The number of ketones is 1. The van der Waals surface area contributed by atoms with Crippen LogP contribution in [0.15, 0.2) is 48.5 Å². The Morgan fingerprint density at radius 2 is 1.71 bits per heavy atom. The fourth-order valence-electron chi connectivity index (χ4n) is 1.87. The summed E-state index contributed by atoms with van der Waals surface area (Å²) < 4.78 is 18.4. The summed E-state index contributed by atoms with van der Waals surface area (Å²) >= 11 is 0. The molecule has 0 aliphatic heterocycles. The van der Waals surface area contributed by atoms with Crippen LogP contribution < -0.4 is 10.5 Å². The van der Waals surface area contributed by atoms with E-state index < -0.39 is 17.8 Å². The third-order valence-corrected chi connectivity index (χ3v) is 2.95. The molecule has 0 spiro atoms. The lowest BCUT2D eigenvalue weighted by molar-refractivity contribution is 0.0811. The van der Waals surface area contributed by atoms with Crippen molar-refractivity contribution in [2.45, 2.75) is 13.0 Å². The van der Waals surface area contributed by atoms with Gasteiger partial charge in [0, 0.05) is 5.56 Å². The first-order valence-electron chi connectivity index (χ1n) is 6.34. The van der Waals surface area contributed by atoms with E-state index >= 15 is 0 Å². The fourth-order valence-corrected chi connectivity index (χ4v) is 1.87. The number of halogens is 1. The van der Waals surface area contributed by atoms with Gasteiger partial charge in [-0.1, -0.05) is 12.1 Å². The Morgan fingerprint density at radius 3 is 2.33 bits per heavy atom. The summed E-state index contributed by atoms with van der Waals surface area (Å²) in [6.45, 7) is 1.56. The van der Waals surface area contributed by atoms with Gasteiger partial charge in [0.15, 0.2) is 6.10 Å². The number of nitrogens with two attached hydrogens (primary N) is 1. The van der Waals surface area contributed by atoms with Gasteiger partial charge in [-0.05, 0) is 43.3 Å². The molecule has 1 atom stereocenters. The van der Waals surface area contributed by atoms with Crippen LogP contribution in [0.25, 0.3) is 0 Å². The smallest absolute Gasteiger partial charge is 0.252 e. The van der Waals surface area contributed by atoms with Crippen LogP contribution in [-0.2, 0) is 0 Å². The summed E-state index contributed by atoms with van der Waals surface area (Å²) in [5.74, 6) is -1.12. The number of hydrogen-bond donors (Lipinski definition) is 1. The normalized spacial score (nSPS) is 11.7. The minimum absolute atomic E-state index is 0.205. The molecule has 0 aromatic heterocycles. The maximum absolute atomic E-state index is 12.8. The lowest BCUT2D eigenvalue weighted by atomic mass is 10.1. The van der Waals surface area contributed by atoms with Crippen molar-refractivity contribution in [3.63, 3.8) is 0 Å². The molecule has 0 saturated heterocycles. The van der Waals surface area contributed by atoms with Crippen molar-refractivity contribution in [1.29, 1.82) is 0 Å². The first-order valence-corrected chi connectivity index (χ1v) is 6.34. The Balaban J connectivity index is 2.18. The van der Waals surface area contributed by atoms with Crippen molar-refractivity contribution in [2.75, 3.05) is 0 Å². The van der Waals surface area contributed by atoms with Crippen molar-refractivity contribution >= 4 is 11.7 Å². The molecular formula is C16H14FNO3. The molecule has 5 heteroatoms. The number of para-hydroxylation sites is 1. The van der Waals surface area contributed by atoms with E-state index in [9.17, 15) is 14.0 Å². The van der Waals surface area contributed by atoms with Gasteiger partial charge < -0.3 is 10.5 Å². The van der Waals surface area contributed by atoms with Crippen LogP contribution in [0.5, 0.6) is 5.75 Å². The lowest BCUT2D eigenvalue weighted by Gasteiger charge is -2.15. The van der Waals surface area contributed by atoms with E-state index in [0.29, 0.717) is 5.56 Å². The number of primary amides is 1. The molecule has 108 valence electrons. The summed E-state index contributed by atoms with van der Waals surface area (Å²) in [4.78, 5) is 23.5. The molecule has 1 amide bonds. The van der Waals surface area contributed by atoms with Crippen molar-refractivity contribution < 1.29 is 18.7 Å². The lowest BCUT2D eigenvalue weighted by Crippen LogP contribution is -2.25. The van der Waals surface area contributed by atoms with E-state index in [-0.39, 0.29) is 17.1 Å². The van der Waals surface area contributed by atoms with E-state index in [1.807, 2.05) is 0 Å². The molecule has 4 nitrogen and oxygen atoms in total. The summed E-state index contributed by atoms with van der Waals surface area (Å²) in [7, 11) is 0. The Morgan fingerprint density at radius 1 is 1.10 bits per heavy atom. The second-order valence-corrected chi connectivity index (χ2v) is 4.49. The highest BCUT2D eigenvalue weighted by molar-refractivity contribution is 6.00. The van der Waals surface area contributed by atoms with Gasteiger partial charge >= 0.3 is 0 Å². The van der Waals surface area contributed by atoms with Crippen LogP contribution in [-0.4, -0.2) is 17.8 Å². The zero-order valence-corrected chi connectivity index (χ0v) is 11.4. The molecule has 0 aliphatic rings. The number of benzene rings is 2. The predicted molar refractivity (Wildman–Crippen MR) is 75.8 cm³/mol. The number of ether oxygens (including phenoxy) is 1. The van der Waals surface area contributed by atoms with Gasteiger partial charge in [0.25, 0.3) is 5.91 Å². The quantitative estimate of drug-likeness (QED) is 0.859. The van der Waals surface area contributed by atoms with Gasteiger partial charge in [0.05, 0.1) is 5.56 Å². The highest BCUT2D eigenvalue weighted by Crippen LogP contribution is 2.20. The Bertz CT molecular complexity index is 667. The molecule has 2 rings (SSSR count). The topological polar surface area (TPSA) is 69.4 Å². The first-order chi connectivity index (χ1) is 9.99. The number of hydrogen-bond acceptors (Lipinski definition) is 3. The zero-order valence-electron chi connectivity index (χ0n) is 11.4. The highest BCUT2D eigenvalue weighted by atomic mass is 19.1. The van der Waals surface area contributed by atoms with Crippen LogP contribution in [0.4, 0.5) is 4.39 Å². The number of carbonyl (C=O) groups is 2. The Labute approximate surface area is 121 Å². The minimum atomic E-state index is -0.823. The maximum atomic E-state index is 12.8. The molecule has 0 aliphatic carbocycles. The highest BCUT2D eigenvalue weighted by Gasteiger charge is 2.19. The van der Waals surface area contributed by atoms with Crippen molar-refractivity contribution in [3.05, 3.63) is 65.5 Å². The number of amides is 1. The van der Waals surface area contributed by atoms with Gasteiger partial charge in [0.2, 0.25) is 5.78 Å². The number of Topliss-reactive ketones (excluding diaryl/α,β-unsaturated/α-hetero) is 1. The second kappa shape index (κ2) is 6.17. The second-order valence-electron chi connectivity index (χ2n) is 4.49. The molecule has 2 aromatic carbocycles. The number of rotatable bonds is 5. The van der Waals surface area contributed by atoms with E-state index in [4.69, 9.17) is 10.5 Å². The third kappa shape index (κ3) is 3.45. The van der Waals surface area contributed by atoms with Gasteiger partial charge in [-0.25, -0.2) is 4.39 Å². The SMILES string of the molecule is CC(Oc1ccccc1C(N)=O)C(=O)c1ccc(F)cc1. The van der Waals surface area contributed by atoms with Gasteiger partial charge in [-0.15, -0.1) is 0 Å². The predicted octanol–water partition coefficient (Wildman–Crippen LogP) is 2.57. The largest absolute Gasteiger partial charge is 0.482 e. The van der Waals surface area contributed by atoms with Crippen LogP contribution >= 0.6 is 0 Å². The zero-order chi connectivity index (χ0) is 15.4.